The predicted molar refractivity (Wildman–Crippen MR) is 78.0 cm³/mol. The molecule has 1 saturated heterocycles. The monoisotopic (exact) mass is 277 g/mol. The molecule has 1 aliphatic rings. The van der Waals surface area contributed by atoms with Gasteiger partial charge in [-0.25, -0.2) is 0 Å². The molecule has 1 heterocycles. The van der Waals surface area contributed by atoms with Gasteiger partial charge in [0, 0.05) is 24.7 Å². The Morgan fingerprint density at radius 1 is 1.33 bits per heavy atom. The third-order valence-electron chi connectivity index (χ3n) is 3.30. The van der Waals surface area contributed by atoms with Gasteiger partial charge < -0.3 is 10.6 Å². The predicted octanol–water partition coefficient (Wildman–Crippen LogP) is 1.48. The Morgan fingerprint density at radius 3 is 2.33 bits per heavy atom. The van der Waals surface area contributed by atoms with Gasteiger partial charge in [0.15, 0.2) is 0 Å². The van der Waals surface area contributed by atoms with Crippen molar-refractivity contribution in [1.29, 1.82) is 0 Å². The second-order valence-corrected chi connectivity index (χ2v) is 5.63. The third kappa shape index (κ3) is 5.12. The molecular weight excluding hydrogens is 250 g/mol. The fourth-order valence-corrected chi connectivity index (χ4v) is 2.68. The summed E-state index contributed by atoms with van der Waals surface area (Å²) in [4.78, 5) is 16.4. The van der Waals surface area contributed by atoms with E-state index >= 15 is 0 Å². The van der Waals surface area contributed by atoms with Gasteiger partial charge >= 0.3 is 0 Å². The molecule has 0 spiro atoms. The number of carbonyl (C=O) groups excluding carboxylic acids is 1. The van der Waals surface area contributed by atoms with Crippen LogP contribution in [0.4, 0.5) is 0 Å². The number of piperidine rings is 1. The van der Waals surface area contributed by atoms with Gasteiger partial charge in [-0.1, -0.05) is 0 Å². The van der Waals surface area contributed by atoms with Crippen LogP contribution in [0, 0.1) is 0 Å². The first-order valence-electron chi connectivity index (χ1n) is 6.71. The zero-order valence-corrected chi connectivity index (χ0v) is 12.9. The number of hydrogen-bond acceptors (Lipinski definition) is 3. The molecule has 0 bridgehead atoms. The second kappa shape index (κ2) is 7.97. The Kier molecular flexibility index (Phi) is 7.83. The van der Waals surface area contributed by atoms with Crippen LogP contribution in [0.15, 0.2) is 0 Å². The van der Waals surface area contributed by atoms with Crippen molar-refractivity contribution in [1.82, 2.24) is 9.80 Å². The maximum atomic E-state index is 12.2. The van der Waals surface area contributed by atoms with E-state index in [0.717, 1.165) is 25.9 Å². The quantitative estimate of drug-likeness (QED) is 0.847. The normalized spacial score (nSPS) is 20.9. The highest BCUT2D eigenvalue weighted by Crippen LogP contribution is 2.11. The highest BCUT2D eigenvalue weighted by atomic mass is 35.5. The number of halogens is 1. The number of amides is 1. The topological polar surface area (TPSA) is 49.6 Å². The summed E-state index contributed by atoms with van der Waals surface area (Å²) in [5, 5.41) is 0. The van der Waals surface area contributed by atoms with Gasteiger partial charge in [-0.15, -0.1) is 12.4 Å². The minimum Gasteiger partial charge on any atom is -0.337 e. The van der Waals surface area contributed by atoms with Crippen LogP contribution in [-0.2, 0) is 4.79 Å². The molecule has 1 unspecified atom stereocenters. The Labute approximate surface area is 117 Å². The highest BCUT2D eigenvalue weighted by molar-refractivity contribution is 5.85. The van der Waals surface area contributed by atoms with Crippen LogP contribution in [0.5, 0.6) is 0 Å². The molecule has 1 aliphatic heterocycles. The van der Waals surface area contributed by atoms with Gasteiger partial charge in [0.2, 0.25) is 5.91 Å². The molecule has 0 radical (unpaired) electrons. The van der Waals surface area contributed by atoms with E-state index in [9.17, 15) is 4.79 Å². The summed E-state index contributed by atoms with van der Waals surface area (Å²) in [6, 6.07) is 0.769. The fraction of sp³-hybridized carbons (Fsp3) is 0.923. The molecule has 2 N–H and O–H groups in total. The molecule has 1 amide bonds. The first kappa shape index (κ1) is 17.7. The summed E-state index contributed by atoms with van der Waals surface area (Å²) >= 11 is 0. The summed E-state index contributed by atoms with van der Waals surface area (Å²) < 4.78 is 0. The van der Waals surface area contributed by atoms with Crippen molar-refractivity contribution in [2.24, 2.45) is 5.73 Å². The van der Waals surface area contributed by atoms with E-state index in [1.807, 2.05) is 4.90 Å². The Morgan fingerprint density at radius 2 is 1.89 bits per heavy atom. The van der Waals surface area contributed by atoms with E-state index in [-0.39, 0.29) is 36.4 Å². The molecule has 0 aromatic carbocycles. The molecule has 108 valence electrons. The molecule has 4 nitrogen and oxygen atoms in total. The summed E-state index contributed by atoms with van der Waals surface area (Å²) in [7, 11) is 0. The van der Waals surface area contributed by atoms with Gasteiger partial charge in [-0.2, -0.15) is 0 Å². The van der Waals surface area contributed by atoms with Crippen molar-refractivity contribution < 1.29 is 4.79 Å². The van der Waals surface area contributed by atoms with Crippen LogP contribution < -0.4 is 5.73 Å². The van der Waals surface area contributed by atoms with Crippen LogP contribution in [0.2, 0.25) is 0 Å². The zero-order chi connectivity index (χ0) is 13.0. The first-order chi connectivity index (χ1) is 7.91. The van der Waals surface area contributed by atoms with Crippen LogP contribution in [0.1, 0.15) is 40.5 Å². The number of carbonyl (C=O) groups is 1. The SMILES string of the molecule is CC(C)N(C(=O)CN1CCCC(N)C1)C(C)C.Cl. The summed E-state index contributed by atoms with van der Waals surface area (Å²) in [6.45, 7) is 10.7. The molecule has 0 saturated carbocycles. The first-order valence-corrected chi connectivity index (χ1v) is 6.71. The average molecular weight is 278 g/mol. The molecule has 1 atom stereocenters. The fourth-order valence-electron chi connectivity index (χ4n) is 2.68. The standard InChI is InChI=1S/C13H27N3O.ClH/c1-10(2)16(11(3)4)13(17)9-15-7-5-6-12(14)8-15;/h10-12H,5-9,14H2,1-4H3;1H. The smallest absolute Gasteiger partial charge is 0.237 e. The van der Waals surface area contributed by atoms with E-state index in [2.05, 4.69) is 32.6 Å². The largest absolute Gasteiger partial charge is 0.337 e. The Bertz CT molecular complexity index is 251. The van der Waals surface area contributed by atoms with Crippen LogP contribution in [0.3, 0.4) is 0 Å². The lowest BCUT2D eigenvalue weighted by molar-refractivity contribution is -0.136. The molecule has 1 rings (SSSR count). The highest BCUT2D eigenvalue weighted by Gasteiger charge is 2.24. The number of rotatable bonds is 4. The number of nitrogens with zero attached hydrogens (tertiary/aromatic N) is 2. The van der Waals surface area contributed by atoms with Gasteiger partial charge in [-0.05, 0) is 47.1 Å². The van der Waals surface area contributed by atoms with Crippen molar-refractivity contribution in [2.75, 3.05) is 19.6 Å². The van der Waals surface area contributed by atoms with Gasteiger partial charge in [0.25, 0.3) is 0 Å². The van der Waals surface area contributed by atoms with Crippen molar-refractivity contribution in [3.8, 4) is 0 Å². The lowest BCUT2D eigenvalue weighted by Crippen LogP contribution is -2.50. The lowest BCUT2D eigenvalue weighted by atomic mass is 10.1. The lowest BCUT2D eigenvalue weighted by Gasteiger charge is -2.35. The molecular formula is C13H28ClN3O. The Hall–Kier alpha value is -0.320. The summed E-state index contributed by atoms with van der Waals surface area (Å²) in [5.41, 5.74) is 5.93. The van der Waals surface area contributed by atoms with Crippen LogP contribution >= 0.6 is 12.4 Å². The number of likely N-dealkylation sites (tertiary alicyclic amines) is 1. The summed E-state index contributed by atoms with van der Waals surface area (Å²) in [5.74, 6) is 0.226. The van der Waals surface area contributed by atoms with Crippen molar-refractivity contribution in [2.45, 2.75) is 58.7 Å². The van der Waals surface area contributed by atoms with E-state index in [1.54, 1.807) is 0 Å². The van der Waals surface area contributed by atoms with Crippen molar-refractivity contribution >= 4 is 18.3 Å². The number of nitrogens with two attached hydrogens (primary N) is 1. The maximum Gasteiger partial charge on any atom is 0.237 e. The number of hydrogen-bond donors (Lipinski definition) is 1. The van der Waals surface area contributed by atoms with E-state index in [1.165, 1.54) is 0 Å². The van der Waals surface area contributed by atoms with E-state index in [4.69, 9.17) is 5.73 Å². The van der Waals surface area contributed by atoms with Crippen LogP contribution in [-0.4, -0.2) is 53.5 Å². The van der Waals surface area contributed by atoms with Crippen LogP contribution in [0.25, 0.3) is 0 Å². The van der Waals surface area contributed by atoms with Crippen molar-refractivity contribution in [3.05, 3.63) is 0 Å². The van der Waals surface area contributed by atoms with Gasteiger partial charge in [-0.3, -0.25) is 9.69 Å². The molecule has 0 aromatic heterocycles. The van der Waals surface area contributed by atoms with E-state index < -0.39 is 0 Å². The van der Waals surface area contributed by atoms with E-state index in [0.29, 0.717) is 6.54 Å². The molecule has 0 aromatic rings. The minimum atomic E-state index is 0. The van der Waals surface area contributed by atoms with Gasteiger partial charge in [0.05, 0.1) is 6.54 Å². The minimum absolute atomic E-state index is 0. The molecule has 5 heteroatoms. The maximum absolute atomic E-state index is 12.2. The summed E-state index contributed by atoms with van der Waals surface area (Å²) in [6.07, 6.45) is 2.20. The van der Waals surface area contributed by atoms with Gasteiger partial charge in [0.1, 0.15) is 0 Å². The average Bonchev–Trinajstić information content (AvgIpc) is 2.15. The molecule has 0 aliphatic carbocycles. The molecule has 1 fully saturated rings. The Balaban J connectivity index is 0.00000289. The second-order valence-electron chi connectivity index (χ2n) is 5.63. The molecule has 18 heavy (non-hydrogen) atoms. The zero-order valence-electron chi connectivity index (χ0n) is 12.1. The van der Waals surface area contributed by atoms with Crippen molar-refractivity contribution in [3.63, 3.8) is 0 Å². The third-order valence-corrected chi connectivity index (χ3v) is 3.30.